The van der Waals surface area contributed by atoms with E-state index in [0.717, 1.165) is 16.6 Å². The Labute approximate surface area is 163 Å². The molecule has 26 heavy (non-hydrogen) atoms. The van der Waals surface area contributed by atoms with E-state index in [1.807, 2.05) is 0 Å². The number of anilines is 2. The number of hydrogen-bond acceptors (Lipinski definition) is 2. The summed E-state index contributed by atoms with van der Waals surface area (Å²) >= 11 is 3.52. The van der Waals surface area contributed by atoms with Gasteiger partial charge in [0.15, 0.2) is 0 Å². The van der Waals surface area contributed by atoms with E-state index >= 15 is 0 Å². The molecule has 0 radical (unpaired) electrons. The Bertz CT molecular complexity index is 903. The number of aryl methyl sites for hydroxylation is 2. The predicted octanol–water partition coefficient (Wildman–Crippen LogP) is 6.78. The molecule has 1 aliphatic rings. The summed E-state index contributed by atoms with van der Waals surface area (Å²) in [6.07, 6.45) is 1.01. The second-order valence-electron chi connectivity index (χ2n) is 7.09. The summed E-state index contributed by atoms with van der Waals surface area (Å²) in [6, 6.07) is 24.3. The Morgan fingerprint density at radius 3 is 2.42 bits per heavy atom. The number of benzene rings is 3. The van der Waals surface area contributed by atoms with Crippen LogP contribution < -0.4 is 10.6 Å². The maximum atomic E-state index is 3.77. The highest BCUT2D eigenvalue weighted by molar-refractivity contribution is 9.10. The molecule has 0 aliphatic carbocycles. The van der Waals surface area contributed by atoms with Gasteiger partial charge in [-0.05, 0) is 67.3 Å². The summed E-state index contributed by atoms with van der Waals surface area (Å²) in [5.74, 6) is 0. The van der Waals surface area contributed by atoms with Crippen LogP contribution in [0, 0.1) is 13.8 Å². The molecule has 0 aromatic heterocycles. The van der Waals surface area contributed by atoms with Crippen LogP contribution >= 0.6 is 15.9 Å². The maximum absolute atomic E-state index is 3.77. The fraction of sp³-hybridized carbons (Fsp3) is 0.217. The van der Waals surface area contributed by atoms with Crippen LogP contribution in [0.1, 0.15) is 40.8 Å². The average Bonchev–Trinajstić information content (AvgIpc) is 2.63. The van der Waals surface area contributed by atoms with Crippen LogP contribution in [0.25, 0.3) is 0 Å². The van der Waals surface area contributed by atoms with E-state index in [4.69, 9.17) is 0 Å². The van der Waals surface area contributed by atoms with E-state index < -0.39 is 0 Å². The molecule has 1 heterocycles. The number of nitrogens with one attached hydrogen (secondary N) is 2. The van der Waals surface area contributed by atoms with Gasteiger partial charge in [-0.3, -0.25) is 0 Å². The third-order valence-corrected chi connectivity index (χ3v) is 5.60. The van der Waals surface area contributed by atoms with Crippen LogP contribution in [-0.2, 0) is 0 Å². The molecule has 0 saturated heterocycles. The average molecular weight is 407 g/mol. The number of rotatable bonds is 3. The Morgan fingerprint density at radius 2 is 1.69 bits per heavy atom. The lowest BCUT2D eigenvalue weighted by atomic mass is 9.86. The highest BCUT2D eigenvalue weighted by Crippen LogP contribution is 2.42. The van der Waals surface area contributed by atoms with E-state index in [-0.39, 0.29) is 6.04 Å². The molecule has 3 heteroatoms. The van der Waals surface area contributed by atoms with E-state index in [9.17, 15) is 0 Å². The lowest BCUT2D eigenvalue weighted by Crippen LogP contribution is -2.26. The normalized spacial score (nSPS) is 18.7. The van der Waals surface area contributed by atoms with E-state index in [1.165, 1.54) is 27.9 Å². The van der Waals surface area contributed by atoms with E-state index in [1.54, 1.807) is 0 Å². The van der Waals surface area contributed by atoms with Crippen molar-refractivity contribution in [2.24, 2.45) is 0 Å². The minimum Gasteiger partial charge on any atom is -0.378 e. The zero-order valence-electron chi connectivity index (χ0n) is 15.1. The van der Waals surface area contributed by atoms with E-state index in [2.05, 4.69) is 107 Å². The van der Waals surface area contributed by atoms with Gasteiger partial charge < -0.3 is 10.6 Å². The van der Waals surface area contributed by atoms with Crippen LogP contribution in [0.2, 0.25) is 0 Å². The zero-order chi connectivity index (χ0) is 18.1. The zero-order valence-corrected chi connectivity index (χ0v) is 16.7. The van der Waals surface area contributed by atoms with Gasteiger partial charge in [-0.25, -0.2) is 0 Å². The topological polar surface area (TPSA) is 24.1 Å². The standard InChI is InChI=1S/C23H23BrN2/c1-15-12-16(2)23-21(13-15)26-20(17-6-4-3-5-7-17)14-22(23)25-19-10-8-18(24)9-11-19/h3-13,20,22,25-26H,14H2,1-2H3/t20-,22+/m0/s1. The molecule has 0 saturated carbocycles. The van der Waals surface area contributed by atoms with Gasteiger partial charge in [-0.1, -0.05) is 52.3 Å². The van der Waals surface area contributed by atoms with Crippen molar-refractivity contribution >= 4 is 27.3 Å². The highest BCUT2D eigenvalue weighted by Gasteiger charge is 2.29. The van der Waals surface area contributed by atoms with Crippen molar-refractivity contribution in [2.45, 2.75) is 32.4 Å². The summed E-state index contributed by atoms with van der Waals surface area (Å²) in [4.78, 5) is 0. The molecule has 0 unspecified atom stereocenters. The summed E-state index contributed by atoms with van der Waals surface area (Å²) < 4.78 is 1.10. The summed E-state index contributed by atoms with van der Waals surface area (Å²) in [6.45, 7) is 4.38. The Kier molecular flexibility index (Phi) is 4.73. The molecule has 2 atom stereocenters. The Hall–Kier alpha value is -2.26. The third-order valence-electron chi connectivity index (χ3n) is 5.07. The molecule has 0 bridgehead atoms. The Morgan fingerprint density at radius 1 is 0.962 bits per heavy atom. The summed E-state index contributed by atoms with van der Waals surface area (Å²) in [5.41, 5.74) is 7.75. The minimum absolute atomic E-state index is 0.276. The fourth-order valence-corrected chi connectivity index (χ4v) is 4.21. The van der Waals surface area contributed by atoms with Gasteiger partial charge in [-0.15, -0.1) is 0 Å². The Balaban J connectivity index is 1.72. The molecule has 132 valence electrons. The van der Waals surface area contributed by atoms with Gasteiger partial charge in [0.2, 0.25) is 0 Å². The van der Waals surface area contributed by atoms with Gasteiger partial charge in [-0.2, -0.15) is 0 Å². The predicted molar refractivity (Wildman–Crippen MR) is 114 cm³/mol. The van der Waals surface area contributed by atoms with Crippen molar-refractivity contribution in [3.05, 3.63) is 93.5 Å². The number of fused-ring (bicyclic) bond motifs is 1. The maximum Gasteiger partial charge on any atom is 0.0559 e. The SMILES string of the molecule is Cc1cc(C)c2c(c1)N[C@H](c1ccccc1)C[C@H]2Nc1ccc(Br)cc1. The minimum atomic E-state index is 0.276. The lowest BCUT2D eigenvalue weighted by molar-refractivity contribution is 0.586. The van der Waals surface area contributed by atoms with E-state index in [0.29, 0.717) is 6.04 Å². The fourth-order valence-electron chi connectivity index (χ4n) is 3.94. The molecular weight excluding hydrogens is 384 g/mol. The first kappa shape index (κ1) is 17.2. The van der Waals surface area contributed by atoms with Gasteiger partial charge >= 0.3 is 0 Å². The lowest BCUT2D eigenvalue weighted by Gasteiger charge is -2.36. The molecule has 0 fully saturated rings. The molecule has 4 rings (SSSR count). The first-order valence-corrected chi connectivity index (χ1v) is 9.84. The molecule has 0 spiro atoms. The molecule has 2 N–H and O–H groups in total. The smallest absolute Gasteiger partial charge is 0.0559 e. The summed E-state index contributed by atoms with van der Waals surface area (Å²) in [7, 11) is 0. The monoisotopic (exact) mass is 406 g/mol. The highest BCUT2D eigenvalue weighted by atomic mass is 79.9. The molecule has 2 nitrogen and oxygen atoms in total. The molecular formula is C23H23BrN2. The second-order valence-corrected chi connectivity index (χ2v) is 8.01. The molecule has 1 aliphatic heterocycles. The largest absolute Gasteiger partial charge is 0.378 e. The van der Waals surface area contributed by atoms with Crippen molar-refractivity contribution in [2.75, 3.05) is 10.6 Å². The molecule has 3 aromatic carbocycles. The van der Waals surface area contributed by atoms with Crippen molar-refractivity contribution in [3.8, 4) is 0 Å². The molecule has 0 amide bonds. The van der Waals surface area contributed by atoms with Crippen molar-refractivity contribution < 1.29 is 0 Å². The first-order chi connectivity index (χ1) is 12.6. The number of hydrogen-bond donors (Lipinski definition) is 2. The van der Waals surface area contributed by atoms with Gasteiger partial charge in [0, 0.05) is 21.4 Å². The van der Waals surface area contributed by atoms with Gasteiger partial charge in [0.05, 0.1) is 12.1 Å². The van der Waals surface area contributed by atoms with Crippen LogP contribution in [0.3, 0.4) is 0 Å². The van der Waals surface area contributed by atoms with Crippen LogP contribution in [0.5, 0.6) is 0 Å². The summed E-state index contributed by atoms with van der Waals surface area (Å²) in [5, 5.41) is 7.54. The van der Waals surface area contributed by atoms with Gasteiger partial charge in [0.25, 0.3) is 0 Å². The third kappa shape index (κ3) is 3.49. The number of halogens is 1. The first-order valence-electron chi connectivity index (χ1n) is 9.05. The van der Waals surface area contributed by atoms with Crippen molar-refractivity contribution in [3.63, 3.8) is 0 Å². The quantitative estimate of drug-likeness (QED) is 0.500. The van der Waals surface area contributed by atoms with Crippen LogP contribution in [-0.4, -0.2) is 0 Å². The second kappa shape index (κ2) is 7.16. The van der Waals surface area contributed by atoms with Crippen molar-refractivity contribution in [1.29, 1.82) is 0 Å². The van der Waals surface area contributed by atoms with Crippen molar-refractivity contribution in [1.82, 2.24) is 0 Å². The van der Waals surface area contributed by atoms with Gasteiger partial charge in [0.1, 0.15) is 0 Å². The molecule has 3 aromatic rings. The van der Waals surface area contributed by atoms with Crippen LogP contribution in [0.4, 0.5) is 11.4 Å². The van der Waals surface area contributed by atoms with Crippen LogP contribution in [0.15, 0.2) is 71.2 Å².